The Labute approximate surface area is 338 Å². The zero-order chi connectivity index (χ0) is 42.7. The van der Waals surface area contributed by atoms with E-state index in [2.05, 4.69) is 5.32 Å². The minimum absolute atomic E-state index is 0.0239. The van der Waals surface area contributed by atoms with E-state index in [1.165, 1.54) is 20.8 Å². The van der Waals surface area contributed by atoms with Gasteiger partial charge in [-0.15, -0.1) is 0 Å². The number of aliphatic hydroxyl groups excluding tert-OH is 3. The molecule has 6 rings (SSSR count). The van der Waals surface area contributed by atoms with E-state index in [0.717, 1.165) is 19.3 Å². The first-order valence-corrected chi connectivity index (χ1v) is 20.3. The van der Waals surface area contributed by atoms with Gasteiger partial charge >= 0.3 is 24.0 Å². The lowest BCUT2D eigenvalue weighted by molar-refractivity contribution is -0.347. The van der Waals surface area contributed by atoms with E-state index in [-0.39, 0.29) is 24.2 Å². The van der Waals surface area contributed by atoms with Crippen LogP contribution in [0.2, 0.25) is 0 Å². The molecular weight excluding hydrogens is 754 g/mol. The highest BCUT2D eigenvalue weighted by atomic mass is 16.6. The molecule has 1 amide bonds. The summed E-state index contributed by atoms with van der Waals surface area (Å²) in [7, 11) is 0. The fourth-order valence-electron chi connectivity index (χ4n) is 10.4. The van der Waals surface area contributed by atoms with Gasteiger partial charge < -0.3 is 49.4 Å². The van der Waals surface area contributed by atoms with Crippen LogP contribution in [-0.2, 0) is 42.9 Å². The fourth-order valence-corrected chi connectivity index (χ4v) is 10.4. The largest absolute Gasteiger partial charge is 0.459 e. The normalized spacial score (nSPS) is 35.7. The first-order chi connectivity index (χ1) is 27.0. The van der Waals surface area contributed by atoms with E-state index in [9.17, 15) is 44.4 Å². The van der Waals surface area contributed by atoms with Crippen molar-refractivity contribution in [2.45, 2.75) is 160 Å². The number of ether oxygens (including phenoxy) is 5. The van der Waals surface area contributed by atoms with E-state index in [0.29, 0.717) is 18.4 Å². The summed E-state index contributed by atoms with van der Waals surface area (Å²) < 4.78 is 29.8. The summed E-state index contributed by atoms with van der Waals surface area (Å²) in [4.78, 5) is 69.2. The number of carbonyl (C=O) groups excluding carboxylic acids is 5. The van der Waals surface area contributed by atoms with Crippen molar-refractivity contribution in [1.29, 1.82) is 0 Å². The molecule has 4 aliphatic carbocycles. The first kappa shape index (κ1) is 43.7. The average molecular weight is 814 g/mol. The average Bonchev–Trinajstić information content (AvgIpc) is 3.14. The van der Waals surface area contributed by atoms with E-state index in [4.69, 9.17) is 23.7 Å². The van der Waals surface area contributed by atoms with Gasteiger partial charge in [-0.3, -0.25) is 14.4 Å². The van der Waals surface area contributed by atoms with Gasteiger partial charge in [0.1, 0.15) is 35.6 Å². The van der Waals surface area contributed by atoms with Gasteiger partial charge in [-0.25, -0.2) is 9.59 Å². The second-order valence-corrected chi connectivity index (χ2v) is 18.6. The zero-order valence-corrected chi connectivity index (χ0v) is 34.6. The summed E-state index contributed by atoms with van der Waals surface area (Å²) in [6.45, 7) is 12.0. The van der Waals surface area contributed by atoms with Crippen LogP contribution < -0.4 is 5.32 Å². The van der Waals surface area contributed by atoms with Crippen molar-refractivity contribution in [3.63, 3.8) is 0 Å². The Hall–Kier alpha value is -3.89. The molecule has 0 spiro atoms. The van der Waals surface area contributed by atoms with Crippen LogP contribution in [0.1, 0.15) is 112 Å². The molecule has 15 heteroatoms. The lowest BCUT2D eigenvalue weighted by atomic mass is 9.44. The third kappa shape index (κ3) is 7.35. The summed E-state index contributed by atoms with van der Waals surface area (Å²) in [5.74, 6) is -5.46. The quantitative estimate of drug-likeness (QED) is 0.144. The molecule has 320 valence electrons. The Bertz CT molecular complexity index is 1820. The molecule has 5 N–H and O–H groups in total. The molecule has 11 atom stereocenters. The number of nitrogens with one attached hydrogen (secondary N) is 1. The van der Waals surface area contributed by atoms with Crippen LogP contribution in [0.25, 0.3) is 0 Å². The molecule has 2 bridgehead atoms. The number of alkyl carbamates (subject to hydrolysis) is 1. The molecule has 1 aromatic rings. The summed E-state index contributed by atoms with van der Waals surface area (Å²) in [6, 6.07) is 6.85. The van der Waals surface area contributed by atoms with Gasteiger partial charge in [-0.1, -0.05) is 63.4 Å². The van der Waals surface area contributed by atoms with Crippen molar-refractivity contribution in [3.05, 3.63) is 47.0 Å². The number of carbonyl (C=O) groups is 5. The van der Waals surface area contributed by atoms with Gasteiger partial charge in [0.05, 0.1) is 36.0 Å². The number of fused-ring (bicyclic) bond motifs is 5. The van der Waals surface area contributed by atoms with E-state index < -0.39 is 118 Å². The molecule has 1 aromatic carbocycles. The standard InChI is InChI=1S/C43H59NO14/c1-22-26(55-37(51)32(48)30(24-15-11-9-12-16-24)44-38(52)58-39(3,4)5)20-43(53)35(56-36(50)25-17-13-10-14-18-25)33-41(8,34(49)31(47)29(22)40(43,6)7)27(46)19-28-42(33,21-54-28)57-23(2)45/h9,11-12,15-16,25-28,30-33,35,46-48,53H,10,13-14,17-21H2,1-8H3,(H,44,52)/t26-,27-,28+,30?,31+,32+,33?,35-,41+,42-,43+/m0/s1. The molecule has 5 aliphatic rings. The minimum Gasteiger partial charge on any atom is -0.459 e. The second-order valence-electron chi connectivity index (χ2n) is 18.6. The van der Waals surface area contributed by atoms with E-state index >= 15 is 0 Å². The Balaban J connectivity index is 1.47. The highest BCUT2D eigenvalue weighted by molar-refractivity contribution is 5.93. The maximum absolute atomic E-state index is 15.0. The van der Waals surface area contributed by atoms with Crippen LogP contribution in [0.15, 0.2) is 41.5 Å². The van der Waals surface area contributed by atoms with Gasteiger partial charge in [0.25, 0.3) is 0 Å². The minimum atomic E-state index is -2.28. The second kappa shape index (κ2) is 15.6. The molecule has 15 nitrogen and oxygen atoms in total. The summed E-state index contributed by atoms with van der Waals surface area (Å²) in [5.41, 5.74) is -7.89. The highest BCUT2D eigenvalue weighted by Gasteiger charge is 2.78. The lowest BCUT2D eigenvalue weighted by Gasteiger charge is -2.67. The van der Waals surface area contributed by atoms with Crippen molar-refractivity contribution in [2.24, 2.45) is 22.7 Å². The first-order valence-electron chi connectivity index (χ1n) is 20.3. The van der Waals surface area contributed by atoms with E-state index in [1.807, 2.05) is 0 Å². The van der Waals surface area contributed by atoms with E-state index in [1.54, 1.807) is 65.0 Å². The van der Waals surface area contributed by atoms with Gasteiger partial charge in [0, 0.05) is 25.2 Å². The number of benzene rings is 1. The fraction of sp³-hybridized carbons (Fsp3) is 0.698. The number of hydrogen-bond donors (Lipinski definition) is 5. The molecule has 2 unspecified atom stereocenters. The molecule has 4 fully saturated rings. The summed E-state index contributed by atoms with van der Waals surface area (Å²) in [5, 5.41) is 51.7. The number of hydrogen-bond acceptors (Lipinski definition) is 14. The summed E-state index contributed by atoms with van der Waals surface area (Å²) in [6.07, 6.45) is -7.58. The van der Waals surface area contributed by atoms with Crippen molar-refractivity contribution in [3.8, 4) is 0 Å². The van der Waals surface area contributed by atoms with Crippen LogP contribution in [0.5, 0.6) is 0 Å². The van der Waals surface area contributed by atoms with Gasteiger partial charge in [-0.2, -0.15) is 0 Å². The number of amides is 1. The van der Waals surface area contributed by atoms with Crippen LogP contribution in [0.3, 0.4) is 0 Å². The van der Waals surface area contributed by atoms with Crippen LogP contribution >= 0.6 is 0 Å². The maximum Gasteiger partial charge on any atom is 0.408 e. The lowest BCUT2D eigenvalue weighted by Crippen LogP contribution is -2.81. The monoisotopic (exact) mass is 813 g/mol. The predicted molar refractivity (Wildman–Crippen MR) is 204 cm³/mol. The molecule has 0 aromatic heterocycles. The van der Waals surface area contributed by atoms with Crippen molar-refractivity contribution in [1.82, 2.24) is 5.32 Å². The van der Waals surface area contributed by atoms with Crippen LogP contribution in [0.4, 0.5) is 4.79 Å². The predicted octanol–water partition coefficient (Wildman–Crippen LogP) is 3.53. The molecule has 1 saturated heterocycles. The highest BCUT2D eigenvalue weighted by Crippen LogP contribution is 2.64. The summed E-state index contributed by atoms with van der Waals surface area (Å²) >= 11 is 0. The van der Waals surface area contributed by atoms with Crippen LogP contribution in [0, 0.1) is 22.7 Å². The molecule has 0 radical (unpaired) electrons. The van der Waals surface area contributed by atoms with Gasteiger partial charge in [0.15, 0.2) is 17.5 Å². The molecule has 1 aliphatic heterocycles. The van der Waals surface area contributed by atoms with Crippen molar-refractivity contribution < 1.29 is 68.1 Å². The Morgan fingerprint density at radius 2 is 1.62 bits per heavy atom. The SMILES string of the molecule is CC(=O)O[C@@]12CO[C@@H]1C[C@H](O)[C@@]1(C)C(=O)[C@H](O)C3=C(C)[C@@H](OC(=O)[C@H](O)C(NC(=O)OC(C)(C)C)c4ccccc4)C[C@@](O)([C@@H](OC(=O)C4CCCCC4)C12)C3(C)C. The number of rotatable bonds is 8. The van der Waals surface area contributed by atoms with Crippen molar-refractivity contribution >= 4 is 29.8 Å². The third-order valence-electron chi connectivity index (χ3n) is 13.5. The zero-order valence-electron chi connectivity index (χ0n) is 34.6. The number of ketones is 1. The maximum atomic E-state index is 15.0. The Morgan fingerprint density at radius 3 is 2.19 bits per heavy atom. The number of esters is 3. The topological polar surface area (TPSA) is 224 Å². The number of Topliss-reactive ketones (excluding diaryl/α,β-unsaturated/α-hetero) is 1. The molecule has 58 heavy (non-hydrogen) atoms. The van der Waals surface area contributed by atoms with Gasteiger partial charge in [-0.05, 0) is 64.2 Å². The van der Waals surface area contributed by atoms with Gasteiger partial charge in [0.2, 0.25) is 0 Å². The molecular formula is C43H59NO14. The molecule has 3 saturated carbocycles. The van der Waals surface area contributed by atoms with Crippen LogP contribution in [-0.4, -0.2) is 110 Å². The smallest absolute Gasteiger partial charge is 0.408 e. The third-order valence-corrected chi connectivity index (χ3v) is 13.5. The Morgan fingerprint density at radius 1 is 0.983 bits per heavy atom. The van der Waals surface area contributed by atoms with Crippen molar-refractivity contribution in [2.75, 3.05) is 6.61 Å². The Kier molecular flexibility index (Phi) is 11.8. The molecule has 1 heterocycles. The number of aliphatic hydroxyl groups is 4.